The number of aryl methyl sites for hydroxylation is 1. The summed E-state index contributed by atoms with van der Waals surface area (Å²) in [6, 6.07) is 5.44. The Hall–Kier alpha value is -1.19. The summed E-state index contributed by atoms with van der Waals surface area (Å²) in [5.74, 6) is -0.157. The fourth-order valence-electron chi connectivity index (χ4n) is 2.77. The first kappa shape index (κ1) is 14.2. The second kappa shape index (κ2) is 6.31. The maximum Gasteiger partial charge on any atom is 0.123 e. The molecule has 1 N–H and O–H groups in total. The van der Waals surface area contributed by atoms with Crippen molar-refractivity contribution in [1.82, 2.24) is 10.2 Å². The van der Waals surface area contributed by atoms with Crippen molar-refractivity contribution in [2.24, 2.45) is 0 Å². The molecule has 104 valence electrons. The summed E-state index contributed by atoms with van der Waals surface area (Å²) < 4.78 is 13.3. The summed E-state index contributed by atoms with van der Waals surface area (Å²) in [4.78, 5) is 2.48. The van der Waals surface area contributed by atoms with Gasteiger partial charge in [0.25, 0.3) is 0 Å². The van der Waals surface area contributed by atoms with E-state index in [2.05, 4.69) is 23.7 Å². The number of hydrogen-bond donors (Lipinski definition) is 1. The van der Waals surface area contributed by atoms with Crippen molar-refractivity contribution in [1.29, 1.82) is 0 Å². The van der Waals surface area contributed by atoms with E-state index in [-0.39, 0.29) is 5.82 Å². The van der Waals surface area contributed by atoms with Crippen LogP contribution in [-0.2, 0) is 0 Å². The lowest BCUT2D eigenvalue weighted by Crippen LogP contribution is -2.45. The monoisotopic (exact) mass is 262 g/mol. The second-order valence-electron chi connectivity index (χ2n) is 5.46. The maximum absolute atomic E-state index is 13.3. The predicted molar refractivity (Wildman–Crippen MR) is 77.8 cm³/mol. The Morgan fingerprint density at radius 2 is 2.11 bits per heavy atom. The summed E-state index contributed by atoms with van der Waals surface area (Å²) in [6.07, 6.45) is 0.937. The number of piperazine rings is 1. The molecule has 0 bridgehead atoms. The van der Waals surface area contributed by atoms with Crippen LogP contribution in [0.15, 0.2) is 30.4 Å². The highest BCUT2D eigenvalue weighted by Crippen LogP contribution is 2.30. The molecule has 0 aliphatic carbocycles. The lowest BCUT2D eigenvalue weighted by Gasteiger charge is -2.36. The van der Waals surface area contributed by atoms with E-state index in [9.17, 15) is 4.39 Å². The van der Waals surface area contributed by atoms with Crippen molar-refractivity contribution < 1.29 is 4.39 Å². The average Bonchev–Trinajstić information content (AvgIpc) is 2.37. The molecular weight excluding hydrogens is 239 g/mol. The number of nitrogens with one attached hydrogen (secondary N) is 1. The van der Waals surface area contributed by atoms with E-state index < -0.39 is 0 Å². The van der Waals surface area contributed by atoms with Gasteiger partial charge in [0, 0.05) is 32.2 Å². The molecule has 1 aromatic rings. The molecule has 2 rings (SSSR count). The van der Waals surface area contributed by atoms with E-state index in [1.807, 2.05) is 13.0 Å². The Morgan fingerprint density at radius 1 is 1.42 bits per heavy atom. The van der Waals surface area contributed by atoms with E-state index in [1.54, 1.807) is 12.1 Å². The van der Waals surface area contributed by atoms with Crippen molar-refractivity contribution in [3.05, 3.63) is 47.3 Å². The van der Waals surface area contributed by atoms with Crippen molar-refractivity contribution in [3.63, 3.8) is 0 Å². The maximum atomic E-state index is 13.3. The van der Waals surface area contributed by atoms with Crippen LogP contribution in [0.5, 0.6) is 0 Å². The molecule has 2 nitrogen and oxygen atoms in total. The van der Waals surface area contributed by atoms with E-state index in [0.29, 0.717) is 6.04 Å². The molecule has 0 aromatic heterocycles. The Bertz CT molecular complexity index is 450. The number of nitrogens with zero attached hydrogens (tertiary/aromatic N) is 1. The lowest BCUT2D eigenvalue weighted by molar-refractivity contribution is 0.172. The standard InChI is InChI=1S/C16H23FN2/c1-12(2)10-16(19-8-6-18-7-9-19)15-5-4-14(17)11-13(15)3/h4-5,11,16,18H,1,6-10H2,2-3H3/t16-/m1/s1. The largest absolute Gasteiger partial charge is 0.314 e. The SMILES string of the molecule is C=C(C)C[C@H](c1ccc(F)cc1C)N1CCNCC1. The quantitative estimate of drug-likeness (QED) is 0.839. The van der Waals surface area contributed by atoms with Gasteiger partial charge in [-0.25, -0.2) is 4.39 Å². The van der Waals surface area contributed by atoms with Gasteiger partial charge < -0.3 is 5.32 Å². The topological polar surface area (TPSA) is 15.3 Å². The van der Waals surface area contributed by atoms with Crippen LogP contribution in [0.2, 0.25) is 0 Å². The van der Waals surface area contributed by atoms with Gasteiger partial charge in [0.05, 0.1) is 0 Å². The van der Waals surface area contributed by atoms with Gasteiger partial charge in [0.2, 0.25) is 0 Å². The van der Waals surface area contributed by atoms with Gasteiger partial charge in [-0.15, -0.1) is 6.58 Å². The van der Waals surface area contributed by atoms with E-state index in [4.69, 9.17) is 0 Å². The van der Waals surface area contributed by atoms with Crippen LogP contribution in [0.1, 0.15) is 30.5 Å². The van der Waals surface area contributed by atoms with Crippen LogP contribution in [0, 0.1) is 12.7 Å². The van der Waals surface area contributed by atoms with Crippen LogP contribution in [0.25, 0.3) is 0 Å². The third kappa shape index (κ3) is 3.64. The molecule has 0 radical (unpaired) electrons. The van der Waals surface area contributed by atoms with Gasteiger partial charge in [0.1, 0.15) is 5.82 Å². The second-order valence-corrected chi connectivity index (χ2v) is 5.46. The first-order valence-corrected chi connectivity index (χ1v) is 6.93. The third-order valence-corrected chi connectivity index (χ3v) is 3.73. The van der Waals surface area contributed by atoms with E-state index in [1.165, 1.54) is 11.1 Å². The van der Waals surface area contributed by atoms with Crippen molar-refractivity contribution in [2.75, 3.05) is 26.2 Å². The Morgan fingerprint density at radius 3 is 2.68 bits per heavy atom. The van der Waals surface area contributed by atoms with E-state index in [0.717, 1.165) is 38.2 Å². The van der Waals surface area contributed by atoms with Gasteiger partial charge in [-0.3, -0.25) is 4.90 Å². The highest BCUT2D eigenvalue weighted by molar-refractivity contribution is 5.30. The summed E-state index contributed by atoms with van der Waals surface area (Å²) in [7, 11) is 0. The highest BCUT2D eigenvalue weighted by atomic mass is 19.1. The first-order chi connectivity index (χ1) is 9.08. The minimum Gasteiger partial charge on any atom is -0.314 e. The normalized spacial score (nSPS) is 18.3. The summed E-state index contributed by atoms with van der Waals surface area (Å²) in [6.45, 7) is 12.2. The predicted octanol–water partition coefficient (Wildman–Crippen LogP) is 3.05. The fraction of sp³-hybridized carbons (Fsp3) is 0.500. The van der Waals surface area contributed by atoms with Gasteiger partial charge in [0.15, 0.2) is 0 Å². The molecule has 19 heavy (non-hydrogen) atoms. The molecule has 1 saturated heterocycles. The van der Waals surface area contributed by atoms with Crippen LogP contribution < -0.4 is 5.32 Å². The van der Waals surface area contributed by atoms with Crippen LogP contribution in [-0.4, -0.2) is 31.1 Å². The lowest BCUT2D eigenvalue weighted by atomic mass is 9.94. The smallest absolute Gasteiger partial charge is 0.123 e. The summed E-state index contributed by atoms with van der Waals surface area (Å²) >= 11 is 0. The minimum atomic E-state index is -0.157. The molecule has 0 unspecified atom stereocenters. The number of rotatable bonds is 4. The highest BCUT2D eigenvalue weighted by Gasteiger charge is 2.23. The molecular formula is C16H23FN2. The Labute approximate surface area is 115 Å². The molecule has 1 fully saturated rings. The minimum absolute atomic E-state index is 0.157. The molecule has 1 aliphatic rings. The van der Waals surface area contributed by atoms with E-state index >= 15 is 0 Å². The first-order valence-electron chi connectivity index (χ1n) is 6.93. The number of benzene rings is 1. The van der Waals surface area contributed by atoms with Crippen LogP contribution in [0.3, 0.4) is 0 Å². The van der Waals surface area contributed by atoms with Crippen molar-refractivity contribution in [3.8, 4) is 0 Å². The number of halogens is 1. The van der Waals surface area contributed by atoms with Crippen LogP contribution >= 0.6 is 0 Å². The van der Waals surface area contributed by atoms with Gasteiger partial charge in [-0.2, -0.15) is 0 Å². The zero-order chi connectivity index (χ0) is 13.8. The zero-order valence-electron chi connectivity index (χ0n) is 11.9. The molecule has 0 amide bonds. The molecule has 1 atom stereocenters. The molecule has 1 aromatic carbocycles. The van der Waals surface area contributed by atoms with Gasteiger partial charge in [-0.05, 0) is 43.5 Å². The molecule has 1 aliphatic heterocycles. The summed E-state index contributed by atoms with van der Waals surface area (Å²) in [5, 5.41) is 3.37. The molecule has 0 saturated carbocycles. The molecule has 0 spiro atoms. The van der Waals surface area contributed by atoms with Crippen LogP contribution in [0.4, 0.5) is 4.39 Å². The zero-order valence-corrected chi connectivity index (χ0v) is 11.9. The summed E-state index contributed by atoms with van der Waals surface area (Å²) in [5.41, 5.74) is 3.43. The average molecular weight is 262 g/mol. The van der Waals surface area contributed by atoms with Gasteiger partial charge >= 0.3 is 0 Å². The Balaban J connectivity index is 2.27. The van der Waals surface area contributed by atoms with Gasteiger partial charge in [-0.1, -0.05) is 11.6 Å². The van der Waals surface area contributed by atoms with Crippen molar-refractivity contribution >= 4 is 0 Å². The van der Waals surface area contributed by atoms with Crippen molar-refractivity contribution in [2.45, 2.75) is 26.3 Å². The molecule has 1 heterocycles. The Kier molecular flexibility index (Phi) is 4.72. The third-order valence-electron chi connectivity index (χ3n) is 3.73. The molecule has 3 heteroatoms. The number of hydrogen-bond acceptors (Lipinski definition) is 2. The fourth-order valence-corrected chi connectivity index (χ4v) is 2.77.